The number of benzene rings is 1. The number of nitrogens with zero attached hydrogens (tertiary/aromatic N) is 1. The van der Waals surface area contributed by atoms with E-state index < -0.39 is 10.7 Å². The third-order valence-corrected chi connectivity index (χ3v) is 4.77. The minimum atomic E-state index is -0.779. The molecule has 2 rings (SSSR count). The Morgan fingerprint density at radius 3 is 2.65 bits per heavy atom. The van der Waals surface area contributed by atoms with Crippen LogP contribution in [-0.4, -0.2) is 31.5 Å². The van der Waals surface area contributed by atoms with E-state index in [1.165, 1.54) is 22.9 Å². The number of aryl methyl sites for hydroxylation is 3. The van der Waals surface area contributed by atoms with Crippen LogP contribution < -0.4 is 0 Å². The largest absolute Gasteiger partial charge is 0.480 e. The zero-order valence-corrected chi connectivity index (χ0v) is 13.1. The van der Waals surface area contributed by atoms with Crippen LogP contribution in [-0.2, 0) is 11.2 Å². The van der Waals surface area contributed by atoms with Crippen LogP contribution in [0.3, 0.4) is 0 Å². The smallest absolute Gasteiger partial charge is 0.319 e. The Balaban J connectivity index is 2.06. The average Bonchev–Trinajstić information content (AvgIpc) is 2.71. The lowest BCUT2D eigenvalue weighted by atomic mass is 10.1. The number of H-pyrrole nitrogens is 1. The standard InChI is InChI=1S/C15H20N2O2S/c1-9-7-11-12(8-10(9)2)17-13(16-11)5-6-20-15(3,4)14(18)19/h7-8H,5-6H2,1-4H3,(H,16,17)(H,18,19). The zero-order valence-electron chi connectivity index (χ0n) is 12.3. The molecule has 0 aliphatic rings. The Morgan fingerprint density at radius 2 is 2.00 bits per heavy atom. The Morgan fingerprint density at radius 1 is 1.35 bits per heavy atom. The van der Waals surface area contributed by atoms with Crippen molar-refractivity contribution in [1.29, 1.82) is 0 Å². The summed E-state index contributed by atoms with van der Waals surface area (Å²) in [6.07, 6.45) is 0.744. The van der Waals surface area contributed by atoms with E-state index in [2.05, 4.69) is 35.9 Å². The molecule has 1 aromatic carbocycles. The summed E-state index contributed by atoms with van der Waals surface area (Å²) in [6, 6.07) is 4.19. The molecule has 0 saturated carbocycles. The second-order valence-electron chi connectivity index (χ2n) is 5.55. The van der Waals surface area contributed by atoms with Crippen molar-refractivity contribution in [2.24, 2.45) is 0 Å². The van der Waals surface area contributed by atoms with Crippen molar-refractivity contribution < 1.29 is 9.90 Å². The number of aliphatic carboxylic acids is 1. The number of fused-ring (bicyclic) bond motifs is 1. The molecule has 4 nitrogen and oxygen atoms in total. The highest BCUT2D eigenvalue weighted by molar-refractivity contribution is 8.01. The second kappa shape index (κ2) is 5.48. The monoisotopic (exact) mass is 292 g/mol. The van der Waals surface area contributed by atoms with Crippen LogP contribution in [0.15, 0.2) is 12.1 Å². The topological polar surface area (TPSA) is 66.0 Å². The summed E-state index contributed by atoms with van der Waals surface area (Å²) in [4.78, 5) is 18.9. The van der Waals surface area contributed by atoms with Crippen LogP contribution in [0.25, 0.3) is 11.0 Å². The lowest BCUT2D eigenvalue weighted by Gasteiger charge is -2.17. The summed E-state index contributed by atoms with van der Waals surface area (Å²) >= 11 is 1.44. The third-order valence-electron chi connectivity index (χ3n) is 3.46. The molecule has 2 aromatic rings. The van der Waals surface area contributed by atoms with Gasteiger partial charge in [0.05, 0.1) is 11.0 Å². The molecule has 0 aliphatic carbocycles. The van der Waals surface area contributed by atoms with Crippen LogP contribution in [0.5, 0.6) is 0 Å². The van der Waals surface area contributed by atoms with Crippen molar-refractivity contribution in [1.82, 2.24) is 9.97 Å². The Bertz CT molecular complexity index is 608. The first kappa shape index (κ1) is 14.9. The van der Waals surface area contributed by atoms with E-state index in [1.807, 2.05) is 0 Å². The van der Waals surface area contributed by atoms with Gasteiger partial charge in [-0.3, -0.25) is 4.79 Å². The summed E-state index contributed by atoms with van der Waals surface area (Å²) in [5, 5.41) is 9.07. The maximum Gasteiger partial charge on any atom is 0.319 e. The second-order valence-corrected chi connectivity index (χ2v) is 7.27. The molecule has 0 saturated heterocycles. The minimum Gasteiger partial charge on any atom is -0.480 e. The fraction of sp³-hybridized carbons (Fsp3) is 0.467. The highest BCUT2D eigenvalue weighted by Gasteiger charge is 2.27. The number of imidazole rings is 1. The van der Waals surface area contributed by atoms with Crippen LogP contribution in [0.4, 0.5) is 0 Å². The number of nitrogens with one attached hydrogen (secondary N) is 1. The van der Waals surface area contributed by atoms with E-state index in [0.717, 1.165) is 29.0 Å². The molecule has 1 heterocycles. The molecule has 0 radical (unpaired) electrons. The van der Waals surface area contributed by atoms with E-state index in [0.29, 0.717) is 0 Å². The molecule has 5 heteroatoms. The lowest BCUT2D eigenvalue weighted by molar-refractivity contribution is -0.138. The fourth-order valence-corrected chi connectivity index (χ4v) is 2.83. The van der Waals surface area contributed by atoms with Gasteiger partial charge in [-0.25, -0.2) is 4.98 Å². The molecule has 2 N–H and O–H groups in total. The fourth-order valence-electron chi connectivity index (χ4n) is 1.91. The Kier molecular flexibility index (Phi) is 4.09. The zero-order chi connectivity index (χ0) is 14.9. The molecule has 0 fully saturated rings. The van der Waals surface area contributed by atoms with E-state index >= 15 is 0 Å². The van der Waals surface area contributed by atoms with E-state index in [9.17, 15) is 4.79 Å². The number of thioether (sulfide) groups is 1. The number of carbonyl (C=O) groups is 1. The SMILES string of the molecule is Cc1cc2nc(CCSC(C)(C)C(=O)O)[nH]c2cc1C. The molecule has 0 atom stereocenters. The number of carboxylic acids is 1. The van der Waals surface area contributed by atoms with Crippen molar-refractivity contribution >= 4 is 28.8 Å². The predicted octanol–water partition coefficient (Wildman–Crippen LogP) is 3.32. The van der Waals surface area contributed by atoms with Crippen molar-refractivity contribution in [3.05, 3.63) is 29.1 Å². The normalized spacial score (nSPS) is 12.0. The van der Waals surface area contributed by atoms with Crippen LogP contribution >= 0.6 is 11.8 Å². The van der Waals surface area contributed by atoms with Crippen molar-refractivity contribution in [2.45, 2.75) is 38.9 Å². The van der Waals surface area contributed by atoms with Gasteiger partial charge in [0, 0.05) is 12.2 Å². The molecular formula is C15H20N2O2S. The molecule has 20 heavy (non-hydrogen) atoms. The lowest BCUT2D eigenvalue weighted by Crippen LogP contribution is -2.27. The van der Waals surface area contributed by atoms with Gasteiger partial charge in [0.1, 0.15) is 10.6 Å². The predicted molar refractivity (Wildman–Crippen MR) is 83.4 cm³/mol. The average molecular weight is 292 g/mol. The highest BCUT2D eigenvalue weighted by Crippen LogP contribution is 2.25. The number of aromatic nitrogens is 2. The summed E-state index contributed by atoms with van der Waals surface area (Å²) < 4.78 is -0.751. The first-order valence-electron chi connectivity index (χ1n) is 6.63. The Hall–Kier alpha value is -1.49. The number of rotatable bonds is 5. The summed E-state index contributed by atoms with van der Waals surface area (Å²) in [6.45, 7) is 7.62. The third kappa shape index (κ3) is 3.15. The Labute approximate surface area is 123 Å². The van der Waals surface area contributed by atoms with Gasteiger partial charge in [0.25, 0.3) is 0 Å². The van der Waals surface area contributed by atoms with Gasteiger partial charge in [-0.2, -0.15) is 0 Å². The molecule has 1 aromatic heterocycles. The van der Waals surface area contributed by atoms with Gasteiger partial charge in [-0.05, 0) is 51.0 Å². The quantitative estimate of drug-likeness (QED) is 0.887. The molecule has 0 amide bonds. The minimum absolute atomic E-state index is 0.733. The van der Waals surface area contributed by atoms with E-state index in [4.69, 9.17) is 5.11 Å². The number of hydrogen-bond acceptors (Lipinski definition) is 3. The van der Waals surface area contributed by atoms with Crippen LogP contribution in [0, 0.1) is 13.8 Å². The molecule has 0 bridgehead atoms. The molecule has 0 unspecified atom stereocenters. The van der Waals surface area contributed by atoms with Gasteiger partial charge >= 0.3 is 5.97 Å². The maximum absolute atomic E-state index is 11.0. The van der Waals surface area contributed by atoms with Crippen LogP contribution in [0.1, 0.15) is 30.8 Å². The van der Waals surface area contributed by atoms with Crippen LogP contribution in [0.2, 0.25) is 0 Å². The first-order valence-corrected chi connectivity index (χ1v) is 7.61. The first-order chi connectivity index (χ1) is 9.29. The van der Waals surface area contributed by atoms with Gasteiger partial charge in [0.2, 0.25) is 0 Å². The molecule has 108 valence electrons. The van der Waals surface area contributed by atoms with Crippen molar-refractivity contribution in [3.8, 4) is 0 Å². The summed E-state index contributed by atoms with van der Waals surface area (Å²) in [5.74, 6) is 0.869. The number of aromatic amines is 1. The molecular weight excluding hydrogens is 272 g/mol. The van der Waals surface area contributed by atoms with Gasteiger partial charge < -0.3 is 10.1 Å². The number of carboxylic acid groups (broad SMARTS) is 1. The van der Waals surface area contributed by atoms with Gasteiger partial charge in [0.15, 0.2) is 0 Å². The summed E-state index contributed by atoms with van der Waals surface area (Å²) in [5.41, 5.74) is 4.50. The number of hydrogen-bond donors (Lipinski definition) is 2. The maximum atomic E-state index is 11.0. The molecule has 0 spiro atoms. The van der Waals surface area contributed by atoms with Gasteiger partial charge in [-0.15, -0.1) is 11.8 Å². The highest BCUT2D eigenvalue weighted by atomic mass is 32.2. The van der Waals surface area contributed by atoms with Gasteiger partial charge in [-0.1, -0.05) is 0 Å². The van der Waals surface area contributed by atoms with E-state index in [-0.39, 0.29) is 0 Å². The van der Waals surface area contributed by atoms with Crippen molar-refractivity contribution in [3.63, 3.8) is 0 Å². The van der Waals surface area contributed by atoms with Crippen molar-refractivity contribution in [2.75, 3.05) is 5.75 Å². The van der Waals surface area contributed by atoms with E-state index in [1.54, 1.807) is 13.8 Å². The molecule has 0 aliphatic heterocycles. The summed E-state index contributed by atoms with van der Waals surface area (Å²) in [7, 11) is 0.